The summed E-state index contributed by atoms with van der Waals surface area (Å²) >= 11 is 0. The van der Waals surface area contributed by atoms with E-state index in [-0.39, 0.29) is 18.2 Å². The van der Waals surface area contributed by atoms with Crippen LogP contribution in [0.2, 0.25) is 0 Å². The van der Waals surface area contributed by atoms with E-state index in [1.807, 2.05) is 109 Å². The van der Waals surface area contributed by atoms with Crippen LogP contribution in [0.4, 0.5) is 46.0 Å². The highest BCUT2D eigenvalue weighted by Crippen LogP contribution is 2.23. The van der Waals surface area contributed by atoms with Gasteiger partial charge < -0.3 is 10.6 Å². The molecule has 0 fully saturated rings. The maximum absolute atomic E-state index is 7.95. The summed E-state index contributed by atoms with van der Waals surface area (Å²) in [5.41, 5.74) is 4.46. The van der Waals surface area contributed by atoms with Crippen LogP contribution in [0.25, 0.3) is 0 Å². The van der Waals surface area contributed by atoms with Gasteiger partial charge in [0.1, 0.15) is 7.67 Å². The highest BCUT2D eigenvalue weighted by Gasteiger charge is 2.03. The van der Waals surface area contributed by atoms with Crippen molar-refractivity contribution in [1.29, 1.82) is 0 Å². The first-order valence-corrected chi connectivity index (χ1v) is 11.1. The van der Waals surface area contributed by atoms with Gasteiger partial charge in [0.05, 0.1) is 22.7 Å². The van der Waals surface area contributed by atoms with Crippen molar-refractivity contribution >= 4 is 46.0 Å². The summed E-state index contributed by atoms with van der Waals surface area (Å²) in [5.74, 6) is 0.490. The van der Waals surface area contributed by atoms with Crippen molar-refractivity contribution in [3.63, 3.8) is 0 Å². The van der Waals surface area contributed by atoms with E-state index in [9.17, 15) is 0 Å². The Bertz CT molecular complexity index is 1390. The third-order valence-corrected chi connectivity index (χ3v) is 4.84. The summed E-state index contributed by atoms with van der Waals surface area (Å²) in [6.45, 7) is 0. The molecule has 0 aliphatic rings. The number of aromatic nitrogens is 3. The van der Waals surface area contributed by atoms with E-state index >= 15 is 0 Å². The lowest BCUT2D eigenvalue weighted by atomic mass is 10.3. The van der Waals surface area contributed by atoms with Crippen molar-refractivity contribution in [3.8, 4) is 0 Å². The predicted octanol–water partition coefficient (Wildman–Crippen LogP) is 8.19. The van der Waals surface area contributed by atoms with Gasteiger partial charge in [-0.1, -0.05) is 36.4 Å². The van der Waals surface area contributed by atoms with Crippen LogP contribution >= 0.6 is 0 Å². The number of hydrogen-bond acceptors (Lipinski definition) is 9. The Labute approximate surface area is 209 Å². The average molecular weight is 474 g/mol. The van der Waals surface area contributed by atoms with Crippen LogP contribution in [-0.4, -0.2) is 15.0 Å². The van der Waals surface area contributed by atoms with Crippen molar-refractivity contribution in [2.45, 2.75) is 0 Å². The molecular weight excluding hydrogens is 450 g/mol. The molecule has 0 radical (unpaired) electrons. The SMILES string of the molecule is [3H]c1nc(Nc2ccc(N=Nc3ccccc3)cc2)nc(Nc2ccc(N=Nc3ccccc3)cc2)n1. The normalized spacial score (nSPS) is 11.5. The Morgan fingerprint density at radius 3 is 1.22 bits per heavy atom. The molecule has 0 bridgehead atoms. The van der Waals surface area contributed by atoms with E-state index < -0.39 is 0 Å². The zero-order chi connectivity index (χ0) is 25.3. The third-order valence-electron chi connectivity index (χ3n) is 4.84. The number of nitrogens with zero attached hydrogens (tertiary/aromatic N) is 7. The minimum Gasteiger partial charge on any atom is -0.324 e. The molecule has 0 spiro atoms. The van der Waals surface area contributed by atoms with E-state index in [1.165, 1.54) is 0 Å². The summed E-state index contributed by atoms with van der Waals surface area (Å²) in [6, 6.07) is 33.7. The molecule has 174 valence electrons. The zero-order valence-corrected chi connectivity index (χ0v) is 19.0. The molecule has 2 N–H and O–H groups in total. The number of anilines is 4. The highest BCUT2D eigenvalue weighted by molar-refractivity contribution is 5.60. The van der Waals surface area contributed by atoms with Crippen molar-refractivity contribution in [3.05, 3.63) is 115 Å². The molecule has 5 rings (SSSR count). The molecule has 4 aromatic carbocycles. The molecule has 0 aliphatic heterocycles. The van der Waals surface area contributed by atoms with Gasteiger partial charge in [0, 0.05) is 11.4 Å². The first-order valence-electron chi connectivity index (χ1n) is 11.6. The number of rotatable bonds is 8. The van der Waals surface area contributed by atoms with Gasteiger partial charge in [-0.3, -0.25) is 0 Å². The molecule has 36 heavy (non-hydrogen) atoms. The largest absolute Gasteiger partial charge is 0.324 e. The molecule has 0 atom stereocenters. The Balaban J connectivity index is 1.22. The Kier molecular flexibility index (Phi) is 6.61. The molecular formula is C27H21N9. The first kappa shape index (κ1) is 21.2. The van der Waals surface area contributed by atoms with Gasteiger partial charge in [0.25, 0.3) is 0 Å². The molecule has 0 amide bonds. The topological polar surface area (TPSA) is 112 Å². The summed E-state index contributed by atoms with van der Waals surface area (Å²) in [5, 5.41) is 23.1. The second-order valence-corrected chi connectivity index (χ2v) is 7.50. The summed E-state index contributed by atoms with van der Waals surface area (Å²) in [4.78, 5) is 12.5. The van der Waals surface area contributed by atoms with Crippen molar-refractivity contribution < 1.29 is 1.37 Å². The van der Waals surface area contributed by atoms with E-state index in [1.54, 1.807) is 0 Å². The van der Waals surface area contributed by atoms with Crippen LogP contribution in [0.3, 0.4) is 0 Å². The summed E-state index contributed by atoms with van der Waals surface area (Å²) in [7, 11) is 0. The molecule has 0 unspecified atom stereocenters. The smallest absolute Gasteiger partial charge is 0.232 e. The lowest BCUT2D eigenvalue weighted by molar-refractivity contribution is 1.06. The fraction of sp³-hybridized carbons (Fsp3) is 0. The van der Waals surface area contributed by atoms with Gasteiger partial charge in [-0.05, 0) is 72.8 Å². The standard InChI is InChI=1S/C27H21N9/c1-3-7-22(8-4-1)33-35-24-15-11-20(12-16-24)30-26-28-19-29-27(32-26)31-21-13-17-25(18-14-21)36-34-23-9-5-2-6-10-23/h1-19H,(H2,28,29,30,31,32)/i19T. The quantitative estimate of drug-likeness (QED) is 0.221. The molecule has 9 heteroatoms. The Morgan fingerprint density at radius 2 is 0.833 bits per heavy atom. The van der Waals surface area contributed by atoms with Crippen molar-refractivity contribution in [2.75, 3.05) is 10.6 Å². The van der Waals surface area contributed by atoms with Gasteiger partial charge in [0.15, 0.2) is 0 Å². The van der Waals surface area contributed by atoms with E-state index in [0.717, 1.165) is 22.7 Å². The summed E-state index contributed by atoms with van der Waals surface area (Å²) in [6.07, 6.45) is -0.165. The molecule has 9 nitrogen and oxygen atoms in total. The lowest BCUT2D eigenvalue weighted by Gasteiger charge is -2.08. The fourth-order valence-electron chi connectivity index (χ4n) is 3.08. The Morgan fingerprint density at radius 1 is 0.472 bits per heavy atom. The average Bonchev–Trinajstić information content (AvgIpc) is 2.93. The minimum atomic E-state index is -0.165. The minimum absolute atomic E-state index is 0.165. The van der Waals surface area contributed by atoms with E-state index in [2.05, 4.69) is 46.0 Å². The van der Waals surface area contributed by atoms with Crippen molar-refractivity contribution in [1.82, 2.24) is 15.0 Å². The third kappa shape index (κ3) is 6.39. The Hall–Kier alpha value is -5.31. The monoisotopic (exact) mass is 473 g/mol. The van der Waals surface area contributed by atoms with Gasteiger partial charge in [-0.2, -0.15) is 25.4 Å². The van der Waals surface area contributed by atoms with Crippen LogP contribution in [0.15, 0.2) is 136 Å². The second kappa shape index (κ2) is 11.2. The first-order chi connectivity index (χ1) is 18.2. The molecule has 0 saturated carbocycles. The van der Waals surface area contributed by atoms with Crippen LogP contribution in [-0.2, 0) is 0 Å². The van der Waals surface area contributed by atoms with Gasteiger partial charge in [-0.25, -0.2) is 9.97 Å². The highest BCUT2D eigenvalue weighted by atomic mass is 15.2. The fourth-order valence-corrected chi connectivity index (χ4v) is 3.08. The van der Waals surface area contributed by atoms with Crippen LogP contribution < -0.4 is 10.6 Å². The predicted molar refractivity (Wildman–Crippen MR) is 141 cm³/mol. The maximum atomic E-state index is 7.95. The van der Waals surface area contributed by atoms with Crippen LogP contribution in [0.5, 0.6) is 0 Å². The van der Waals surface area contributed by atoms with Gasteiger partial charge >= 0.3 is 0 Å². The lowest BCUT2D eigenvalue weighted by Crippen LogP contribution is -2.02. The zero-order valence-electron chi connectivity index (χ0n) is 20.0. The number of benzene rings is 4. The molecule has 5 aromatic rings. The molecule has 0 saturated heterocycles. The molecule has 1 heterocycles. The number of hydrogen-bond donors (Lipinski definition) is 2. The van der Waals surface area contributed by atoms with Gasteiger partial charge in [0.2, 0.25) is 11.9 Å². The number of azo groups is 2. The van der Waals surface area contributed by atoms with Crippen LogP contribution in [0.1, 0.15) is 1.37 Å². The van der Waals surface area contributed by atoms with Crippen molar-refractivity contribution in [2.24, 2.45) is 20.5 Å². The maximum Gasteiger partial charge on any atom is 0.232 e. The summed E-state index contributed by atoms with van der Waals surface area (Å²) < 4.78 is 7.95. The van der Waals surface area contributed by atoms with Crippen LogP contribution in [0, 0.1) is 0 Å². The molecule has 0 aliphatic carbocycles. The second-order valence-electron chi connectivity index (χ2n) is 7.50. The van der Waals surface area contributed by atoms with Gasteiger partial charge in [-0.15, -0.1) is 0 Å². The van der Waals surface area contributed by atoms with E-state index in [4.69, 9.17) is 1.37 Å². The number of nitrogens with one attached hydrogen (secondary N) is 2. The molecule has 1 aromatic heterocycles. The van der Waals surface area contributed by atoms with E-state index in [0.29, 0.717) is 11.4 Å².